The van der Waals surface area contributed by atoms with E-state index in [4.69, 9.17) is 0 Å². The zero-order chi connectivity index (χ0) is 6.41. The summed E-state index contributed by atoms with van der Waals surface area (Å²) in [6.45, 7) is 3.43. The van der Waals surface area contributed by atoms with Gasteiger partial charge < -0.3 is 0 Å². The molecule has 0 rings (SSSR count). The van der Waals surface area contributed by atoms with Gasteiger partial charge in [0.25, 0.3) is 0 Å². The van der Waals surface area contributed by atoms with Crippen LogP contribution >= 0.6 is 0 Å². The first-order valence-electron chi connectivity index (χ1n) is 2.62. The summed E-state index contributed by atoms with van der Waals surface area (Å²) in [6.07, 6.45) is 4.01. The number of rotatable bonds is 2. The van der Waals surface area contributed by atoms with Gasteiger partial charge in [-0.3, -0.25) is 4.79 Å². The second-order valence-corrected chi connectivity index (χ2v) is 1.57. The quantitative estimate of drug-likeness (QED) is 0.494. The molecule has 0 saturated carbocycles. The van der Waals surface area contributed by atoms with Gasteiger partial charge in [0, 0.05) is 6.42 Å². The maximum Gasteiger partial charge on any atom is 0.134 e. The highest BCUT2D eigenvalue weighted by Crippen LogP contribution is 1.80. The van der Waals surface area contributed by atoms with E-state index in [1.165, 1.54) is 0 Å². The molecule has 0 aromatic rings. The number of allylic oxidation sites excluding steroid dienone is 1. The number of Topliss-reactive ketones (excluding diaryl/α,β-unsaturated/α-hetero) is 1. The number of carbonyl (C=O) groups is 1. The highest BCUT2D eigenvalue weighted by Gasteiger charge is 1.81. The largest absolute Gasteiger partial charge is 0.300 e. The van der Waals surface area contributed by atoms with E-state index in [-0.39, 0.29) is 5.78 Å². The Bertz CT molecular complexity index is 127. The molecular weight excluding hydrogens is 100 g/mol. The molecule has 0 atom stereocenters. The third-order valence-electron chi connectivity index (χ3n) is 0.674. The molecule has 0 saturated heterocycles. The lowest BCUT2D eigenvalue weighted by Gasteiger charge is -1.76. The van der Waals surface area contributed by atoms with Crippen molar-refractivity contribution >= 4 is 5.78 Å². The van der Waals surface area contributed by atoms with Crippen LogP contribution in [-0.2, 0) is 4.79 Å². The Morgan fingerprint density at radius 2 is 2.38 bits per heavy atom. The molecule has 0 bridgehead atoms. The van der Waals surface area contributed by atoms with Gasteiger partial charge in [-0.25, -0.2) is 0 Å². The lowest BCUT2D eigenvalue weighted by atomic mass is 10.3. The van der Waals surface area contributed by atoms with Crippen molar-refractivity contribution in [1.82, 2.24) is 0 Å². The van der Waals surface area contributed by atoms with Gasteiger partial charge >= 0.3 is 0 Å². The third-order valence-corrected chi connectivity index (χ3v) is 0.674. The van der Waals surface area contributed by atoms with E-state index in [9.17, 15) is 4.79 Å². The van der Waals surface area contributed by atoms with Crippen molar-refractivity contribution in [2.45, 2.75) is 20.3 Å². The van der Waals surface area contributed by atoms with E-state index in [2.05, 4.69) is 5.73 Å². The zero-order valence-corrected chi connectivity index (χ0v) is 5.27. The van der Waals surface area contributed by atoms with Gasteiger partial charge in [0.15, 0.2) is 0 Å². The number of ketones is 1. The second kappa shape index (κ2) is 4.35. The van der Waals surface area contributed by atoms with Crippen molar-refractivity contribution in [1.29, 1.82) is 0 Å². The maximum atomic E-state index is 10.2. The maximum absolute atomic E-state index is 10.2. The fraction of sp³-hybridized carbons (Fsp3) is 0.429. The summed E-state index contributed by atoms with van der Waals surface area (Å²) < 4.78 is 0. The van der Waals surface area contributed by atoms with Gasteiger partial charge in [-0.05, 0) is 26.0 Å². The molecule has 1 nitrogen and oxygen atoms in total. The van der Waals surface area contributed by atoms with Gasteiger partial charge in [0.1, 0.15) is 5.78 Å². The van der Waals surface area contributed by atoms with Crippen molar-refractivity contribution in [3.05, 3.63) is 17.9 Å². The van der Waals surface area contributed by atoms with E-state index in [0.29, 0.717) is 6.42 Å². The summed E-state index contributed by atoms with van der Waals surface area (Å²) in [4.78, 5) is 10.2. The van der Waals surface area contributed by atoms with Crippen LogP contribution in [0.5, 0.6) is 0 Å². The van der Waals surface area contributed by atoms with Crippen LogP contribution in [0.1, 0.15) is 20.3 Å². The first-order valence-corrected chi connectivity index (χ1v) is 2.62. The average molecular weight is 110 g/mol. The molecule has 0 unspecified atom stereocenters. The van der Waals surface area contributed by atoms with Crippen molar-refractivity contribution in [3.8, 4) is 0 Å². The molecule has 0 aliphatic carbocycles. The first-order chi connectivity index (χ1) is 3.77. The Morgan fingerprint density at radius 3 is 2.75 bits per heavy atom. The third kappa shape index (κ3) is 5.19. The predicted molar refractivity (Wildman–Crippen MR) is 33.6 cm³/mol. The van der Waals surface area contributed by atoms with Crippen LogP contribution in [0.2, 0.25) is 0 Å². The number of hydrogen-bond donors (Lipinski definition) is 0. The van der Waals surface area contributed by atoms with E-state index in [0.717, 1.165) is 0 Å². The second-order valence-electron chi connectivity index (χ2n) is 1.57. The molecule has 0 heterocycles. The molecule has 0 amide bonds. The van der Waals surface area contributed by atoms with Gasteiger partial charge in [-0.1, -0.05) is 0 Å². The summed E-state index contributed by atoms with van der Waals surface area (Å²) in [5, 5.41) is 0. The number of carbonyl (C=O) groups excluding carboxylic acids is 1. The Hall–Kier alpha value is -0.810. The zero-order valence-electron chi connectivity index (χ0n) is 5.27. The lowest BCUT2D eigenvalue weighted by molar-refractivity contribution is -0.116. The number of hydrogen-bond acceptors (Lipinski definition) is 1. The first kappa shape index (κ1) is 7.19. The van der Waals surface area contributed by atoms with Gasteiger partial charge in [0.05, 0.1) is 0 Å². The smallest absolute Gasteiger partial charge is 0.134 e. The normalized spacial score (nSPS) is 7.25. The summed E-state index contributed by atoms with van der Waals surface area (Å²) in [5.74, 6) is 0.180. The Balaban J connectivity index is 3.45. The van der Waals surface area contributed by atoms with Crippen LogP contribution in [0.3, 0.4) is 0 Å². The minimum absolute atomic E-state index is 0.180. The minimum Gasteiger partial charge on any atom is -0.300 e. The monoisotopic (exact) mass is 110 g/mol. The van der Waals surface area contributed by atoms with Gasteiger partial charge in [0.2, 0.25) is 0 Å². The van der Waals surface area contributed by atoms with Crippen molar-refractivity contribution in [2.75, 3.05) is 0 Å². The fourth-order valence-electron chi connectivity index (χ4n) is 0.321. The summed E-state index contributed by atoms with van der Waals surface area (Å²) in [6, 6.07) is 0. The van der Waals surface area contributed by atoms with Gasteiger partial charge in [-0.15, -0.1) is 5.73 Å². The van der Waals surface area contributed by atoms with E-state index >= 15 is 0 Å². The molecule has 0 aromatic heterocycles. The molecule has 0 spiro atoms. The SMILES string of the molecule is CC=C=CCC(C)=O. The van der Waals surface area contributed by atoms with Crippen LogP contribution in [-0.4, -0.2) is 5.78 Å². The predicted octanol–water partition coefficient (Wildman–Crippen LogP) is 1.70. The molecule has 8 heavy (non-hydrogen) atoms. The van der Waals surface area contributed by atoms with Crippen molar-refractivity contribution in [2.24, 2.45) is 0 Å². The van der Waals surface area contributed by atoms with Crippen LogP contribution in [0.4, 0.5) is 0 Å². The summed E-state index contributed by atoms with van der Waals surface area (Å²) in [5.41, 5.74) is 2.81. The standard InChI is InChI=1S/C7H10O/c1-3-4-5-6-7(2)8/h3,5H,6H2,1-2H3. The molecule has 44 valence electrons. The summed E-state index contributed by atoms with van der Waals surface area (Å²) >= 11 is 0. The fourth-order valence-corrected chi connectivity index (χ4v) is 0.321. The molecule has 0 aliphatic heterocycles. The minimum atomic E-state index is 0.180. The molecular formula is C7H10O. The Morgan fingerprint density at radius 1 is 1.75 bits per heavy atom. The van der Waals surface area contributed by atoms with E-state index in [1.807, 2.05) is 6.92 Å². The molecule has 0 aliphatic rings. The molecule has 0 fully saturated rings. The average Bonchev–Trinajstić information content (AvgIpc) is 1.66. The van der Waals surface area contributed by atoms with Gasteiger partial charge in [-0.2, -0.15) is 0 Å². The van der Waals surface area contributed by atoms with Crippen LogP contribution in [0.15, 0.2) is 17.9 Å². The topological polar surface area (TPSA) is 17.1 Å². The molecule has 0 aromatic carbocycles. The van der Waals surface area contributed by atoms with Crippen LogP contribution in [0.25, 0.3) is 0 Å². The van der Waals surface area contributed by atoms with Crippen LogP contribution in [0, 0.1) is 0 Å². The Kier molecular flexibility index (Phi) is 3.91. The molecule has 0 N–H and O–H groups in total. The van der Waals surface area contributed by atoms with Crippen molar-refractivity contribution in [3.63, 3.8) is 0 Å². The summed E-state index contributed by atoms with van der Waals surface area (Å²) in [7, 11) is 0. The molecule has 0 radical (unpaired) electrons. The highest BCUT2D eigenvalue weighted by atomic mass is 16.1. The van der Waals surface area contributed by atoms with Crippen LogP contribution < -0.4 is 0 Å². The highest BCUT2D eigenvalue weighted by molar-refractivity contribution is 5.76. The molecule has 1 heteroatoms. The van der Waals surface area contributed by atoms with E-state index in [1.54, 1.807) is 19.1 Å². The van der Waals surface area contributed by atoms with E-state index < -0.39 is 0 Å². The lowest BCUT2D eigenvalue weighted by Crippen LogP contribution is -1.82. The van der Waals surface area contributed by atoms with Crippen molar-refractivity contribution < 1.29 is 4.79 Å². The Labute approximate surface area is 49.7 Å².